The Morgan fingerprint density at radius 2 is 1.86 bits per heavy atom. The van der Waals surface area contributed by atoms with Gasteiger partial charge in [0.2, 0.25) is 0 Å². The molecule has 0 radical (unpaired) electrons. The molecule has 21 heavy (non-hydrogen) atoms. The van der Waals surface area contributed by atoms with E-state index in [1.807, 2.05) is 0 Å². The van der Waals surface area contributed by atoms with Gasteiger partial charge in [-0.15, -0.1) is 0 Å². The normalized spacial score (nSPS) is 21.0. The maximum atomic E-state index is 12.6. The van der Waals surface area contributed by atoms with Gasteiger partial charge in [-0.25, -0.2) is 8.78 Å². The zero-order valence-electron chi connectivity index (χ0n) is 11.1. The predicted molar refractivity (Wildman–Crippen MR) is 77.8 cm³/mol. The van der Waals surface area contributed by atoms with Crippen LogP contribution in [0.2, 0.25) is 5.02 Å². The minimum Gasteiger partial charge on any atom is -0.485 e. The highest BCUT2D eigenvalue weighted by atomic mass is 35.5. The van der Waals surface area contributed by atoms with Crippen molar-refractivity contribution in [3.8, 4) is 5.75 Å². The van der Waals surface area contributed by atoms with Crippen molar-refractivity contribution >= 4 is 11.6 Å². The van der Waals surface area contributed by atoms with Crippen LogP contribution in [0.3, 0.4) is 0 Å². The van der Waals surface area contributed by atoms with E-state index in [-0.39, 0.29) is 17.7 Å². The van der Waals surface area contributed by atoms with Crippen LogP contribution in [0.15, 0.2) is 42.5 Å². The van der Waals surface area contributed by atoms with Gasteiger partial charge in [-0.3, -0.25) is 0 Å². The molecule has 3 rings (SSSR count). The molecule has 2 nitrogen and oxygen atoms in total. The van der Waals surface area contributed by atoms with E-state index in [9.17, 15) is 8.78 Å². The van der Waals surface area contributed by atoms with E-state index >= 15 is 0 Å². The molecule has 1 aliphatic heterocycles. The third-order valence-electron chi connectivity index (χ3n) is 3.67. The van der Waals surface area contributed by atoms with E-state index < -0.39 is 6.43 Å². The predicted octanol–water partition coefficient (Wildman–Crippen LogP) is 4.80. The maximum Gasteiger partial charge on any atom is 0.263 e. The third-order valence-corrected chi connectivity index (χ3v) is 3.90. The molecule has 5 heteroatoms. The summed E-state index contributed by atoms with van der Waals surface area (Å²) in [6.45, 7) is 0. The van der Waals surface area contributed by atoms with Crippen molar-refractivity contribution in [1.29, 1.82) is 0 Å². The Labute approximate surface area is 126 Å². The first-order valence-electron chi connectivity index (χ1n) is 6.64. The van der Waals surface area contributed by atoms with Crippen LogP contribution in [0.25, 0.3) is 0 Å². The Hall–Kier alpha value is -1.65. The lowest BCUT2D eigenvalue weighted by molar-refractivity contribution is 0.150. The lowest BCUT2D eigenvalue weighted by Crippen LogP contribution is -2.24. The number of hydrogen-bond acceptors (Lipinski definition) is 2. The highest BCUT2D eigenvalue weighted by Crippen LogP contribution is 2.40. The molecule has 2 aromatic rings. The highest BCUT2D eigenvalue weighted by molar-refractivity contribution is 6.30. The van der Waals surface area contributed by atoms with Crippen LogP contribution in [0.5, 0.6) is 5.75 Å². The quantitative estimate of drug-likeness (QED) is 0.864. The van der Waals surface area contributed by atoms with Crippen molar-refractivity contribution in [2.75, 3.05) is 0 Å². The Morgan fingerprint density at radius 3 is 2.52 bits per heavy atom. The Balaban J connectivity index is 1.86. The largest absolute Gasteiger partial charge is 0.485 e. The number of rotatable bonds is 2. The number of benzene rings is 2. The number of alkyl halides is 2. The van der Waals surface area contributed by atoms with E-state index in [1.54, 1.807) is 30.3 Å². The third kappa shape index (κ3) is 2.87. The fourth-order valence-corrected chi connectivity index (χ4v) is 2.72. The standard InChI is InChI=1S/C16H14ClF2NO/c17-11-5-6-14-12(7-11)13(20)8-15(21-14)9-1-3-10(4-2-9)16(18)19/h1-7,13,15-16H,8,20H2. The summed E-state index contributed by atoms with van der Waals surface area (Å²) in [5, 5.41) is 0.618. The molecule has 0 amide bonds. The van der Waals surface area contributed by atoms with Gasteiger partial charge < -0.3 is 10.5 Å². The molecule has 2 unspecified atom stereocenters. The van der Waals surface area contributed by atoms with Crippen LogP contribution in [0, 0.1) is 0 Å². The van der Waals surface area contributed by atoms with Gasteiger partial charge in [0.05, 0.1) is 0 Å². The van der Waals surface area contributed by atoms with Crippen molar-refractivity contribution in [3.63, 3.8) is 0 Å². The van der Waals surface area contributed by atoms with Gasteiger partial charge in [0.15, 0.2) is 0 Å². The van der Waals surface area contributed by atoms with Gasteiger partial charge in [0.25, 0.3) is 6.43 Å². The van der Waals surface area contributed by atoms with Crippen molar-refractivity contribution < 1.29 is 13.5 Å². The van der Waals surface area contributed by atoms with E-state index in [4.69, 9.17) is 22.1 Å². The summed E-state index contributed by atoms with van der Waals surface area (Å²) in [6, 6.07) is 11.3. The van der Waals surface area contributed by atoms with Crippen LogP contribution in [-0.4, -0.2) is 0 Å². The van der Waals surface area contributed by atoms with Crippen molar-refractivity contribution in [3.05, 3.63) is 64.2 Å². The average molecular weight is 310 g/mol. The van der Waals surface area contributed by atoms with Gasteiger partial charge in [-0.05, 0) is 23.8 Å². The van der Waals surface area contributed by atoms with E-state index in [0.29, 0.717) is 17.2 Å². The van der Waals surface area contributed by atoms with E-state index in [2.05, 4.69) is 0 Å². The molecule has 2 atom stereocenters. The van der Waals surface area contributed by atoms with Crippen LogP contribution in [0.1, 0.15) is 41.7 Å². The summed E-state index contributed by atoms with van der Waals surface area (Å²) in [5.41, 5.74) is 7.89. The maximum absolute atomic E-state index is 12.6. The first-order valence-corrected chi connectivity index (χ1v) is 7.02. The van der Waals surface area contributed by atoms with E-state index in [1.165, 1.54) is 12.1 Å². The summed E-state index contributed by atoms with van der Waals surface area (Å²) >= 11 is 5.96. The van der Waals surface area contributed by atoms with Crippen LogP contribution in [-0.2, 0) is 0 Å². The minimum atomic E-state index is -2.46. The summed E-state index contributed by atoms with van der Waals surface area (Å²) in [6.07, 6.45) is -2.11. The fourth-order valence-electron chi connectivity index (χ4n) is 2.54. The van der Waals surface area contributed by atoms with Crippen LogP contribution in [0.4, 0.5) is 8.78 Å². The molecule has 0 aromatic heterocycles. The molecule has 1 heterocycles. The molecule has 0 saturated heterocycles. The zero-order valence-corrected chi connectivity index (χ0v) is 11.9. The number of hydrogen-bond donors (Lipinski definition) is 1. The number of halogens is 3. The molecule has 0 aliphatic carbocycles. The lowest BCUT2D eigenvalue weighted by atomic mass is 9.93. The van der Waals surface area contributed by atoms with Crippen molar-refractivity contribution in [2.24, 2.45) is 5.73 Å². The summed E-state index contributed by atoms with van der Waals surface area (Å²) in [5.74, 6) is 0.695. The molecule has 1 aliphatic rings. The molecule has 2 N–H and O–H groups in total. The molecular formula is C16H14ClF2NO. The molecular weight excluding hydrogens is 296 g/mol. The van der Waals surface area contributed by atoms with Crippen molar-refractivity contribution in [1.82, 2.24) is 0 Å². The molecule has 110 valence electrons. The first kappa shape index (κ1) is 14.3. The highest BCUT2D eigenvalue weighted by Gasteiger charge is 2.27. The second kappa shape index (κ2) is 5.62. The molecule has 0 bridgehead atoms. The first-order chi connectivity index (χ1) is 10.0. The van der Waals surface area contributed by atoms with Gasteiger partial charge >= 0.3 is 0 Å². The SMILES string of the molecule is NC1CC(c2ccc(C(F)F)cc2)Oc2ccc(Cl)cc21. The van der Waals surface area contributed by atoms with Crippen LogP contribution < -0.4 is 10.5 Å². The van der Waals surface area contributed by atoms with E-state index in [0.717, 1.165) is 11.1 Å². The second-order valence-corrected chi connectivity index (χ2v) is 5.53. The van der Waals surface area contributed by atoms with Gasteiger partial charge in [0.1, 0.15) is 11.9 Å². The monoisotopic (exact) mass is 309 g/mol. The molecule has 0 spiro atoms. The van der Waals surface area contributed by atoms with Gasteiger partial charge in [-0.1, -0.05) is 35.9 Å². The van der Waals surface area contributed by atoms with Crippen LogP contribution >= 0.6 is 11.6 Å². The smallest absolute Gasteiger partial charge is 0.263 e. The summed E-state index contributed by atoms with van der Waals surface area (Å²) < 4.78 is 31.1. The number of ether oxygens (including phenoxy) is 1. The molecule has 0 saturated carbocycles. The fraction of sp³-hybridized carbons (Fsp3) is 0.250. The van der Waals surface area contributed by atoms with Gasteiger partial charge in [0, 0.05) is 28.6 Å². The Morgan fingerprint density at radius 1 is 1.14 bits per heavy atom. The van der Waals surface area contributed by atoms with Gasteiger partial charge in [-0.2, -0.15) is 0 Å². The summed E-state index contributed by atoms with van der Waals surface area (Å²) in [4.78, 5) is 0. The minimum absolute atomic E-state index is 0.00559. The second-order valence-electron chi connectivity index (χ2n) is 5.10. The number of nitrogens with two attached hydrogens (primary N) is 1. The molecule has 0 fully saturated rings. The average Bonchev–Trinajstić information content (AvgIpc) is 2.48. The zero-order chi connectivity index (χ0) is 15.0. The lowest BCUT2D eigenvalue weighted by Gasteiger charge is -2.30. The number of fused-ring (bicyclic) bond motifs is 1. The summed E-state index contributed by atoms with van der Waals surface area (Å²) in [7, 11) is 0. The van der Waals surface area contributed by atoms with Crippen molar-refractivity contribution in [2.45, 2.75) is 25.0 Å². The Kier molecular flexibility index (Phi) is 3.83. The Bertz CT molecular complexity index is 645. The topological polar surface area (TPSA) is 35.2 Å². The molecule has 2 aromatic carbocycles.